The lowest BCUT2D eigenvalue weighted by Crippen LogP contribution is -2.04. The van der Waals surface area contributed by atoms with Crippen molar-refractivity contribution in [1.82, 2.24) is 0 Å². The van der Waals surface area contributed by atoms with Crippen LogP contribution in [-0.2, 0) is 0 Å². The van der Waals surface area contributed by atoms with E-state index in [1.807, 2.05) is 0 Å². The van der Waals surface area contributed by atoms with Crippen molar-refractivity contribution in [1.29, 1.82) is 0 Å². The lowest BCUT2D eigenvalue weighted by Gasteiger charge is -2.20. The van der Waals surface area contributed by atoms with Crippen molar-refractivity contribution in [2.75, 3.05) is 0 Å². The van der Waals surface area contributed by atoms with Gasteiger partial charge in [-0.05, 0) is 5.92 Å². The van der Waals surface area contributed by atoms with Crippen molar-refractivity contribution in [2.45, 2.75) is 59.3 Å². The Morgan fingerprint density at radius 2 is 1.70 bits per heavy atom. The van der Waals surface area contributed by atoms with Gasteiger partial charge in [0.2, 0.25) is 0 Å². The Labute approximate surface area is 66.0 Å². The SMILES string of the molecule is C.CCCC1CCCCC1. The molecule has 1 saturated carbocycles. The normalized spacial score (nSPS) is 20.1. The van der Waals surface area contributed by atoms with Crippen molar-refractivity contribution >= 4 is 0 Å². The first kappa shape index (κ1) is 10.0. The van der Waals surface area contributed by atoms with Crippen LogP contribution >= 0.6 is 0 Å². The maximum atomic E-state index is 2.30. The Hall–Kier alpha value is 0. The molecule has 0 spiro atoms. The predicted octanol–water partition coefficient (Wildman–Crippen LogP) is 4.00. The van der Waals surface area contributed by atoms with Crippen molar-refractivity contribution in [2.24, 2.45) is 5.92 Å². The fourth-order valence-corrected chi connectivity index (χ4v) is 1.88. The van der Waals surface area contributed by atoms with Crippen LogP contribution in [0.2, 0.25) is 0 Å². The first-order valence-electron chi connectivity index (χ1n) is 4.43. The van der Waals surface area contributed by atoms with Crippen molar-refractivity contribution in [3.8, 4) is 0 Å². The summed E-state index contributed by atoms with van der Waals surface area (Å²) in [5, 5.41) is 0. The lowest BCUT2D eigenvalue weighted by molar-refractivity contribution is 0.336. The van der Waals surface area contributed by atoms with Gasteiger partial charge in [0, 0.05) is 0 Å². The minimum Gasteiger partial charge on any atom is -0.0776 e. The van der Waals surface area contributed by atoms with E-state index in [1.54, 1.807) is 0 Å². The average molecular weight is 142 g/mol. The summed E-state index contributed by atoms with van der Waals surface area (Å²) in [6.45, 7) is 2.30. The van der Waals surface area contributed by atoms with Gasteiger partial charge >= 0.3 is 0 Å². The quantitative estimate of drug-likeness (QED) is 0.546. The fourth-order valence-electron chi connectivity index (χ4n) is 1.88. The molecule has 0 aromatic rings. The van der Waals surface area contributed by atoms with E-state index < -0.39 is 0 Å². The molecule has 0 saturated heterocycles. The zero-order valence-electron chi connectivity index (χ0n) is 6.53. The number of hydrogen-bond acceptors (Lipinski definition) is 0. The van der Waals surface area contributed by atoms with E-state index in [-0.39, 0.29) is 7.43 Å². The highest BCUT2D eigenvalue weighted by molar-refractivity contribution is 4.64. The highest BCUT2D eigenvalue weighted by atomic mass is 14.2. The summed E-state index contributed by atoms with van der Waals surface area (Å²) in [5.74, 6) is 1.10. The van der Waals surface area contributed by atoms with Crippen LogP contribution in [0.1, 0.15) is 59.3 Å². The molecule has 1 aliphatic rings. The van der Waals surface area contributed by atoms with E-state index in [4.69, 9.17) is 0 Å². The zero-order valence-corrected chi connectivity index (χ0v) is 6.53. The van der Waals surface area contributed by atoms with E-state index in [1.165, 1.54) is 44.9 Å². The molecule has 0 heteroatoms. The molecular weight excluding hydrogens is 120 g/mol. The standard InChI is InChI=1S/C9H18.CH4/c1-2-6-9-7-4-3-5-8-9;/h9H,2-8H2,1H3;1H4. The van der Waals surface area contributed by atoms with Gasteiger partial charge in [-0.3, -0.25) is 0 Å². The molecule has 0 aromatic carbocycles. The van der Waals surface area contributed by atoms with Gasteiger partial charge in [-0.1, -0.05) is 59.3 Å². The second kappa shape index (κ2) is 5.76. The summed E-state index contributed by atoms with van der Waals surface area (Å²) in [6, 6.07) is 0. The molecule has 1 aliphatic carbocycles. The molecule has 0 atom stereocenters. The molecule has 0 aromatic heterocycles. The fraction of sp³-hybridized carbons (Fsp3) is 1.00. The highest BCUT2D eigenvalue weighted by Crippen LogP contribution is 2.26. The first-order valence-corrected chi connectivity index (χ1v) is 4.43. The molecule has 10 heavy (non-hydrogen) atoms. The Morgan fingerprint density at radius 1 is 1.10 bits per heavy atom. The van der Waals surface area contributed by atoms with Crippen molar-refractivity contribution in [3.05, 3.63) is 0 Å². The van der Waals surface area contributed by atoms with Crippen LogP contribution in [0.15, 0.2) is 0 Å². The topological polar surface area (TPSA) is 0 Å². The first-order chi connectivity index (χ1) is 4.43. The minimum absolute atomic E-state index is 0. The van der Waals surface area contributed by atoms with Crippen molar-refractivity contribution < 1.29 is 0 Å². The Balaban J connectivity index is 0.000000810. The van der Waals surface area contributed by atoms with Gasteiger partial charge in [0.05, 0.1) is 0 Å². The third-order valence-electron chi connectivity index (χ3n) is 2.42. The van der Waals surface area contributed by atoms with E-state index >= 15 is 0 Å². The summed E-state index contributed by atoms with van der Waals surface area (Å²) in [6.07, 6.45) is 10.4. The summed E-state index contributed by atoms with van der Waals surface area (Å²) in [5.41, 5.74) is 0. The molecule has 0 heterocycles. The van der Waals surface area contributed by atoms with Gasteiger partial charge in [0.15, 0.2) is 0 Å². The summed E-state index contributed by atoms with van der Waals surface area (Å²) < 4.78 is 0. The van der Waals surface area contributed by atoms with Gasteiger partial charge in [0.1, 0.15) is 0 Å². The van der Waals surface area contributed by atoms with E-state index in [2.05, 4.69) is 6.92 Å². The molecule has 1 fully saturated rings. The average Bonchev–Trinajstić information content (AvgIpc) is 1.91. The van der Waals surface area contributed by atoms with Gasteiger partial charge in [-0.2, -0.15) is 0 Å². The maximum absolute atomic E-state index is 2.30. The summed E-state index contributed by atoms with van der Waals surface area (Å²) in [4.78, 5) is 0. The third-order valence-corrected chi connectivity index (χ3v) is 2.42. The van der Waals surface area contributed by atoms with Gasteiger partial charge < -0.3 is 0 Å². The van der Waals surface area contributed by atoms with Gasteiger partial charge in [-0.25, -0.2) is 0 Å². The van der Waals surface area contributed by atoms with Gasteiger partial charge in [0.25, 0.3) is 0 Å². The van der Waals surface area contributed by atoms with Crippen LogP contribution in [0.25, 0.3) is 0 Å². The molecule has 1 rings (SSSR count). The lowest BCUT2D eigenvalue weighted by atomic mass is 9.86. The van der Waals surface area contributed by atoms with Crippen molar-refractivity contribution in [3.63, 3.8) is 0 Å². The monoisotopic (exact) mass is 142 g/mol. The van der Waals surface area contributed by atoms with E-state index in [9.17, 15) is 0 Å². The van der Waals surface area contributed by atoms with E-state index in [0.29, 0.717) is 0 Å². The van der Waals surface area contributed by atoms with Crippen LogP contribution in [0.5, 0.6) is 0 Å². The number of rotatable bonds is 2. The zero-order chi connectivity index (χ0) is 6.53. The van der Waals surface area contributed by atoms with Crippen LogP contribution in [0.4, 0.5) is 0 Å². The smallest absolute Gasteiger partial charge is 0.0414 e. The third kappa shape index (κ3) is 3.24. The maximum Gasteiger partial charge on any atom is -0.0414 e. The van der Waals surface area contributed by atoms with Gasteiger partial charge in [-0.15, -0.1) is 0 Å². The molecule has 0 aliphatic heterocycles. The predicted molar refractivity (Wildman–Crippen MR) is 48.2 cm³/mol. The Morgan fingerprint density at radius 3 is 2.20 bits per heavy atom. The van der Waals surface area contributed by atoms with Crippen LogP contribution < -0.4 is 0 Å². The Kier molecular flexibility index (Phi) is 5.76. The molecule has 0 amide bonds. The van der Waals surface area contributed by atoms with Crippen LogP contribution in [0.3, 0.4) is 0 Å². The molecule has 0 N–H and O–H groups in total. The second-order valence-corrected chi connectivity index (χ2v) is 3.29. The molecule has 0 radical (unpaired) electrons. The Bertz CT molecular complexity index is 57.7. The van der Waals surface area contributed by atoms with Crippen LogP contribution in [-0.4, -0.2) is 0 Å². The second-order valence-electron chi connectivity index (χ2n) is 3.29. The van der Waals surface area contributed by atoms with Crippen LogP contribution in [0, 0.1) is 5.92 Å². The molecule has 0 unspecified atom stereocenters. The molecular formula is C10H22. The number of hydrogen-bond donors (Lipinski definition) is 0. The highest BCUT2D eigenvalue weighted by Gasteiger charge is 2.10. The molecule has 0 bridgehead atoms. The summed E-state index contributed by atoms with van der Waals surface area (Å²) in [7, 11) is 0. The summed E-state index contributed by atoms with van der Waals surface area (Å²) >= 11 is 0. The molecule has 62 valence electrons. The largest absolute Gasteiger partial charge is 0.0776 e. The van der Waals surface area contributed by atoms with E-state index in [0.717, 1.165) is 5.92 Å². The molecule has 0 nitrogen and oxygen atoms in total. The minimum atomic E-state index is 0.